The van der Waals surface area contributed by atoms with Crippen molar-refractivity contribution in [3.63, 3.8) is 0 Å². The molecule has 0 rings (SSSR count). The first kappa shape index (κ1) is 29.4. The fourth-order valence-corrected chi connectivity index (χ4v) is 2.71. The van der Waals surface area contributed by atoms with Crippen LogP contribution < -0.4 is 33.2 Å². The maximum absolute atomic E-state index is 12.7. The van der Waals surface area contributed by atoms with Gasteiger partial charge in [-0.1, -0.05) is 13.8 Å². The summed E-state index contributed by atoms with van der Waals surface area (Å²) in [4.78, 5) is 52.6. The van der Waals surface area contributed by atoms with Crippen molar-refractivity contribution in [3.05, 3.63) is 0 Å². The molecule has 11 N–H and O–H groups in total. The standard InChI is InChI=1S/C18H35N7O6S/c1-8(2)12(15(28)23-11(17(30)31)5-4-6-22-18(20)21)24-16(29)13(9(3)26)25-14(27)10(19)7-32/h8-13,26,32H,4-7,19H2,1-3H3,(H,23,28)(H,24,29)(H,25,27)(H,30,31)(H4,20,21,22). The molecule has 0 bridgehead atoms. The number of rotatable bonds is 14. The minimum Gasteiger partial charge on any atom is -0.480 e. The van der Waals surface area contributed by atoms with Crippen molar-refractivity contribution in [3.8, 4) is 0 Å². The summed E-state index contributed by atoms with van der Waals surface area (Å²) in [6.45, 7) is 4.77. The van der Waals surface area contributed by atoms with Crippen LogP contribution in [0.2, 0.25) is 0 Å². The summed E-state index contributed by atoms with van der Waals surface area (Å²) in [7, 11) is 0. The second-order valence-corrected chi connectivity index (χ2v) is 7.96. The Labute approximate surface area is 192 Å². The second-order valence-electron chi connectivity index (χ2n) is 7.59. The Kier molecular flexibility index (Phi) is 13.3. The van der Waals surface area contributed by atoms with E-state index in [1.54, 1.807) is 13.8 Å². The Morgan fingerprint density at radius 3 is 1.94 bits per heavy atom. The molecule has 0 aliphatic heterocycles. The number of thiol groups is 1. The monoisotopic (exact) mass is 477 g/mol. The van der Waals surface area contributed by atoms with Crippen LogP contribution >= 0.6 is 12.6 Å². The number of carbonyl (C=O) groups is 4. The largest absolute Gasteiger partial charge is 0.480 e. The molecule has 14 heteroatoms. The van der Waals surface area contributed by atoms with Gasteiger partial charge in [0.1, 0.15) is 18.1 Å². The van der Waals surface area contributed by atoms with Crippen LogP contribution in [0.25, 0.3) is 0 Å². The summed E-state index contributed by atoms with van der Waals surface area (Å²) >= 11 is 3.91. The van der Waals surface area contributed by atoms with Gasteiger partial charge in [-0.15, -0.1) is 0 Å². The van der Waals surface area contributed by atoms with Crippen molar-refractivity contribution in [1.29, 1.82) is 0 Å². The number of nitrogens with one attached hydrogen (secondary N) is 3. The van der Waals surface area contributed by atoms with E-state index in [4.69, 9.17) is 17.2 Å². The molecular formula is C18H35N7O6S. The lowest BCUT2D eigenvalue weighted by atomic mass is 10.0. The number of hydrogen-bond acceptors (Lipinski definition) is 8. The van der Waals surface area contributed by atoms with Gasteiger partial charge < -0.3 is 43.4 Å². The Morgan fingerprint density at radius 2 is 1.50 bits per heavy atom. The van der Waals surface area contributed by atoms with Crippen LogP contribution in [0.4, 0.5) is 0 Å². The van der Waals surface area contributed by atoms with E-state index in [1.165, 1.54) is 6.92 Å². The normalized spacial score (nSPS) is 15.6. The van der Waals surface area contributed by atoms with E-state index in [1.807, 2.05) is 0 Å². The highest BCUT2D eigenvalue weighted by molar-refractivity contribution is 7.80. The maximum Gasteiger partial charge on any atom is 0.326 e. The van der Waals surface area contributed by atoms with Gasteiger partial charge in [-0.25, -0.2) is 4.79 Å². The molecule has 0 saturated carbocycles. The molecule has 0 saturated heterocycles. The third kappa shape index (κ3) is 10.6. The van der Waals surface area contributed by atoms with E-state index >= 15 is 0 Å². The number of aliphatic hydroxyl groups excluding tert-OH is 1. The van der Waals surface area contributed by atoms with Gasteiger partial charge >= 0.3 is 5.97 Å². The average molecular weight is 478 g/mol. The molecule has 5 unspecified atom stereocenters. The van der Waals surface area contributed by atoms with E-state index < -0.39 is 59.9 Å². The zero-order valence-electron chi connectivity index (χ0n) is 18.4. The number of hydrogen-bond donors (Lipinski definition) is 9. The molecule has 0 aromatic heterocycles. The van der Waals surface area contributed by atoms with Crippen LogP contribution in [0.3, 0.4) is 0 Å². The Balaban J connectivity index is 5.26. The van der Waals surface area contributed by atoms with E-state index in [-0.39, 0.29) is 24.7 Å². The molecule has 0 aromatic rings. The fraction of sp³-hybridized carbons (Fsp3) is 0.722. The molecule has 0 heterocycles. The van der Waals surface area contributed by atoms with Gasteiger partial charge in [0.15, 0.2) is 5.96 Å². The van der Waals surface area contributed by atoms with E-state index in [0.717, 1.165) is 0 Å². The first-order valence-corrected chi connectivity index (χ1v) is 10.7. The molecule has 0 spiro atoms. The average Bonchev–Trinajstić information content (AvgIpc) is 2.70. The second kappa shape index (κ2) is 14.5. The Hall–Kier alpha value is -2.58. The smallest absolute Gasteiger partial charge is 0.326 e. The minimum absolute atomic E-state index is 0.0246. The highest BCUT2D eigenvalue weighted by Crippen LogP contribution is 2.07. The van der Waals surface area contributed by atoms with Gasteiger partial charge in [0.05, 0.1) is 12.1 Å². The number of carboxylic acid groups (broad SMARTS) is 1. The summed E-state index contributed by atoms with van der Waals surface area (Å²) in [5.41, 5.74) is 16.0. The highest BCUT2D eigenvalue weighted by Gasteiger charge is 2.33. The van der Waals surface area contributed by atoms with Gasteiger partial charge in [-0.3, -0.25) is 19.4 Å². The molecule has 32 heavy (non-hydrogen) atoms. The van der Waals surface area contributed by atoms with Crippen molar-refractivity contribution >= 4 is 42.3 Å². The van der Waals surface area contributed by atoms with Gasteiger partial charge in [0.25, 0.3) is 0 Å². The van der Waals surface area contributed by atoms with Gasteiger partial charge in [-0.2, -0.15) is 12.6 Å². The Morgan fingerprint density at radius 1 is 0.969 bits per heavy atom. The van der Waals surface area contributed by atoms with Crippen molar-refractivity contribution in [2.75, 3.05) is 12.3 Å². The highest BCUT2D eigenvalue weighted by atomic mass is 32.1. The van der Waals surface area contributed by atoms with Crippen molar-refractivity contribution in [2.24, 2.45) is 28.1 Å². The number of carbonyl (C=O) groups excluding carboxylic acids is 3. The van der Waals surface area contributed by atoms with Crippen LogP contribution in [0.15, 0.2) is 4.99 Å². The molecule has 0 aliphatic carbocycles. The molecule has 0 aromatic carbocycles. The first-order valence-electron chi connectivity index (χ1n) is 10.1. The molecule has 5 atom stereocenters. The number of aliphatic imine (C=N–C) groups is 1. The number of nitrogens with two attached hydrogens (primary N) is 3. The molecule has 3 amide bonds. The third-order valence-electron chi connectivity index (χ3n) is 4.40. The predicted octanol–water partition coefficient (Wildman–Crippen LogP) is -3.13. The number of aliphatic carboxylic acids is 1. The summed E-state index contributed by atoms with van der Waals surface area (Å²) < 4.78 is 0. The Bertz CT molecular complexity index is 685. The fourth-order valence-electron chi connectivity index (χ4n) is 2.55. The zero-order chi connectivity index (χ0) is 25.0. The molecular weight excluding hydrogens is 442 g/mol. The van der Waals surface area contributed by atoms with Crippen molar-refractivity contribution < 1.29 is 29.4 Å². The topological polar surface area (TPSA) is 235 Å². The lowest BCUT2D eigenvalue weighted by Crippen LogP contribution is -2.60. The molecule has 0 radical (unpaired) electrons. The quantitative estimate of drug-likeness (QED) is 0.0531. The van der Waals surface area contributed by atoms with E-state index in [0.29, 0.717) is 6.42 Å². The predicted molar refractivity (Wildman–Crippen MR) is 122 cm³/mol. The van der Waals surface area contributed by atoms with Crippen molar-refractivity contribution in [2.45, 2.75) is 63.9 Å². The van der Waals surface area contributed by atoms with Crippen LogP contribution in [0, 0.1) is 5.92 Å². The summed E-state index contributed by atoms with van der Waals surface area (Å²) in [5, 5.41) is 26.4. The van der Waals surface area contributed by atoms with Crippen LogP contribution in [-0.4, -0.2) is 82.4 Å². The molecule has 184 valence electrons. The summed E-state index contributed by atoms with van der Waals surface area (Å²) in [6.07, 6.45) is -0.927. The number of aliphatic hydroxyl groups is 1. The maximum atomic E-state index is 12.7. The lowest BCUT2D eigenvalue weighted by Gasteiger charge is -2.28. The first-order chi connectivity index (χ1) is 14.8. The molecule has 0 fully saturated rings. The number of nitrogens with zero attached hydrogens (tertiary/aromatic N) is 1. The van der Waals surface area contributed by atoms with Crippen LogP contribution in [0.5, 0.6) is 0 Å². The number of amides is 3. The van der Waals surface area contributed by atoms with Crippen LogP contribution in [-0.2, 0) is 19.2 Å². The summed E-state index contributed by atoms with van der Waals surface area (Å²) in [6, 6.07) is -4.72. The van der Waals surface area contributed by atoms with Gasteiger partial charge in [0.2, 0.25) is 17.7 Å². The molecule has 13 nitrogen and oxygen atoms in total. The lowest BCUT2D eigenvalue weighted by molar-refractivity contribution is -0.143. The van der Waals surface area contributed by atoms with Crippen LogP contribution in [0.1, 0.15) is 33.6 Å². The van der Waals surface area contributed by atoms with Crippen molar-refractivity contribution in [1.82, 2.24) is 16.0 Å². The number of carboxylic acids is 1. The third-order valence-corrected chi connectivity index (χ3v) is 4.80. The summed E-state index contributed by atoms with van der Waals surface area (Å²) in [5.74, 6) is -4.04. The van der Waals surface area contributed by atoms with E-state index in [2.05, 4.69) is 33.6 Å². The number of guanidine groups is 1. The SMILES string of the molecule is CC(C)C(NC(=O)C(NC(=O)C(N)CS)C(C)O)C(=O)NC(CCCN=C(N)N)C(=O)O. The van der Waals surface area contributed by atoms with E-state index in [9.17, 15) is 29.4 Å². The molecule has 0 aliphatic rings. The van der Waals surface area contributed by atoms with Gasteiger partial charge in [0, 0.05) is 12.3 Å². The zero-order valence-corrected chi connectivity index (χ0v) is 19.3. The minimum atomic E-state index is -1.38. The van der Waals surface area contributed by atoms with Gasteiger partial charge in [-0.05, 0) is 25.7 Å².